The van der Waals surface area contributed by atoms with Crippen LogP contribution in [0.15, 0.2) is 18.3 Å². The Bertz CT molecular complexity index is 421. The highest BCUT2D eigenvalue weighted by atomic mass is 35.5. The van der Waals surface area contributed by atoms with Crippen molar-refractivity contribution in [3.8, 4) is 0 Å². The molecule has 1 aliphatic heterocycles. The molecule has 1 aromatic heterocycles. The van der Waals surface area contributed by atoms with E-state index in [1.165, 1.54) is 20.0 Å². The van der Waals surface area contributed by atoms with Gasteiger partial charge in [0.15, 0.2) is 0 Å². The first-order valence-electron chi connectivity index (χ1n) is 6.47. The summed E-state index contributed by atoms with van der Waals surface area (Å²) < 4.78 is 4.84. The summed E-state index contributed by atoms with van der Waals surface area (Å²) in [6, 6.07) is 3.09. The molecule has 1 aromatic rings. The van der Waals surface area contributed by atoms with Gasteiger partial charge < -0.3 is 20.7 Å². The normalized spacial score (nSPS) is 15.6. The third kappa shape index (κ3) is 4.33. The minimum Gasteiger partial charge on any atom is -0.383 e. The summed E-state index contributed by atoms with van der Waals surface area (Å²) >= 11 is 0. The molecule has 0 spiro atoms. The lowest BCUT2D eigenvalue weighted by molar-refractivity contribution is -0.118. The van der Waals surface area contributed by atoms with Crippen LogP contribution in [0.25, 0.3) is 0 Å². The molecular weight excluding hydrogens is 280 g/mol. The standard InChI is InChI=1S/C13H20N4O2.ClH/c1-19-9-11(14)13(18)16-12-5-4-10(8-15-12)17-6-2-3-7-17;/h4-5,8,11H,2-3,6-7,9,14H2,1H3,(H,15,16,18);1H. The maximum absolute atomic E-state index is 11.7. The van der Waals surface area contributed by atoms with Crippen LogP contribution in [0.1, 0.15) is 12.8 Å². The number of nitrogens with zero attached hydrogens (tertiary/aromatic N) is 2. The molecule has 112 valence electrons. The van der Waals surface area contributed by atoms with Crippen molar-refractivity contribution in [1.29, 1.82) is 0 Å². The van der Waals surface area contributed by atoms with Crippen molar-refractivity contribution in [3.63, 3.8) is 0 Å². The minimum atomic E-state index is -0.676. The second-order valence-electron chi connectivity index (χ2n) is 4.65. The molecule has 20 heavy (non-hydrogen) atoms. The molecule has 1 saturated heterocycles. The summed E-state index contributed by atoms with van der Waals surface area (Å²) in [5, 5.41) is 2.67. The van der Waals surface area contributed by atoms with Crippen LogP contribution >= 0.6 is 12.4 Å². The Morgan fingerprint density at radius 3 is 2.75 bits per heavy atom. The van der Waals surface area contributed by atoms with E-state index in [9.17, 15) is 4.79 Å². The fourth-order valence-corrected chi connectivity index (χ4v) is 2.10. The SMILES string of the molecule is COCC(N)C(=O)Nc1ccc(N2CCCC2)cn1.Cl. The van der Waals surface area contributed by atoms with Crippen LogP contribution in [0.2, 0.25) is 0 Å². The highest BCUT2D eigenvalue weighted by Gasteiger charge is 2.15. The second kappa shape index (κ2) is 8.04. The molecule has 0 aliphatic carbocycles. The van der Waals surface area contributed by atoms with E-state index in [1.807, 2.05) is 6.07 Å². The van der Waals surface area contributed by atoms with E-state index in [0.29, 0.717) is 5.82 Å². The number of hydrogen-bond acceptors (Lipinski definition) is 5. The van der Waals surface area contributed by atoms with Gasteiger partial charge in [0, 0.05) is 20.2 Å². The molecule has 2 rings (SSSR count). The highest BCUT2D eigenvalue weighted by Crippen LogP contribution is 2.20. The van der Waals surface area contributed by atoms with Crippen LogP contribution in [0, 0.1) is 0 Å². The zero-order chi connectivity index (χ0) is 13.7. The predicted molar refractivity (Wildman–Crippen MR) is 81.4 cm³/mol. The summed E-state index contributed by atoms with van der Waals surface area (Å²) in [5.74, 6) is 0.225. The first-order valence-corrected chi connectivity index (χ1v) is 6.47. The van der Waals surface area contributed by atoms with Gasteiger partial charge in [0.25, 0.3) is 0 Å². The maximum atomic E-state index is 11.7. The number of carbonyl (C=O) groups excluding carboxylic acids is 1. The van der Waals surface area contributed by atoms with Crippen molar-refractivity contribution in [1.82, 2.24) is 4.98 Å². The Labute approximate surface area is 125 Å². The van der Waals surface area contributed by atoms with Gasteiger partial charge in [0.05, 0.1) is 18.5 Å². The Morgan fingerprint density at radius 2 is 2.20 bits per heavy atom. The van der Waals surface area contributed by atoms with E-state index in [2.05, 4.69) is 15.2 Å². The number of amides is 1. The lowest BCUT2D eigenvalue weighted by atomic mass is 10.3. The van der Waals surface area contributed by atoms with Gasteiger partial charge in [-0.2, -0.15) is 0 Å². The van der Waals surface area contributed by atoms with Gasteiger partial charge in [-0.05, 0) is 25.0 Å². The summed E-state index contributed by atoms with van der Waals surface area (Å²) in [4.78, 5) is 18.2. The molecule has 1 unspecified atom stereocenters. The number of pyridine rings is 1. The van der Waals surface area contributed by atoms with Gasteiger partial charge in [0.2, 0.25) is 5.91 Å². The van der Waals surface area contributed by atoms with Crippen LogP contribution in [-0.4, -0.2) is 43.7 Å². The molecule has 0 aromatic carbocycles. The Morgan fingerprint density at radius 1 is 1.50 bits per heavy atom. The van der Waals surface area contributed by atoms with Gasteiger partial charge in [-0.1, -0.05) is 0 Å². The third-order valence-electron chi connectivity index (χ3n) is 3.15. The Hall–Kier alpha value is -1.37. The molecule has 2 heterocycles. The summed E-state index contributed by atoms with van der Waals surface area (Å²) in [7, 11) is 1.51. The molecule has 1 amide bonds. The van der Waals surface area contributed by atoms with Gasteiger partial charge in [-0.3, -0.25) is 4.79 Å². The zero-order valence-corrected chi connectivity index (χ0v) is 12.4. The number of halogens is 1. The number of aromatic nitrogens is 1. The van der Waals surface area contributed by atoms with E-state index < -0.39 is 6.04 Å². The molecule has 0 saturated carbocycles. The molecule has 0 radical (unpaired) electrons. The van der Waals surface area contributed by atoms with Gasteiger partial charge in [-0.15, -0.1) is 12.4 Å². The number of nitrogens with two attached hydrogens (primary N) is 1. The average Bonchev–Trinajstić information content (AvgIpc) is 2.94. The van der Waals surface area contributed by atoms with Crippen LogP contribution < -0.4 is 16.0 Å². The number of carbonyl (C=O) groups is 1. The van der Waals surface area contributed by atoms with Gasteiger partial charge in [0.1, 0.15) is 11.9 Å². The van der Waals surface area contributed by atoms with Crippen LogP contribution in [0.5, 0.6) is 0 Å². The number of rotatable bonds is 5. The molecule has 1 aliphatic rings. The smallest absolute Gasteiger partial charge is 0.244 e. The molecule has 1 fully saturated rings. The van der Waals surface area contributed by atoms with Gasteiger partial charge in [-0.25, -0.2) is 4.98 Å². The quantitative estimate of drug-likeness (QED) is 0.848. The number of hydrogen-bond donors (Lipinski definition) is 2. The monoisotopic (exact) mass is 300 g/mol. The molecular formula is C13H21ClN4O2. The van der Waals surface area contributed by atoms with Crippen molar-refractivity contribution in [2.24, 2.45) is 5.73 Å². The van der Waals surface area contributed by atoms with E-state index in [4.69, 9.17) is 10.5 Å². The lowest BCUT2D eigenvalue weighted by Crippen LogP contribution is -2.39. The Balaban J connectivity index is 0.00000200. The molecule has 7 heteroatoms. The first-order chi connectivity index (χ1) is 9.20. The number of methoxy groups -OCH3 is 1. The van der Waals surface area contributed by atoms with E-state index >= 15 is 0 Å². The summed E-state index contributed by atoms with van der Waals surface area (Å²) in [6.45, 7) is 2.34. The third-order valence-corrected chi connectivity index (χ3v) is 3.15. The fraction of sp³-hybridized carbons (Fsp3) is 0.538. The van der Waals surface area contributed by atoms with Gasteiger partial charge >= 0.3 is 0 Å². The fourth-order valence-electron chi connectivity index (χ4n) is 2.10. The number of anilines is 2. The largest absolute Gasteiger partial charge is 0.383 e. The van der Waals surface area contributed by atoms with E-state index in [-0.39, 0.29) is 24.9 Å². The second-order valence-corrected chi connectivity index (χ2v) is 4.65. The van der Waals surface area contributed by atoms with Crippen molar-refractivity contribution in [3.05, 3.63) is 18.3 Å². The maximum Gasteiger partial charge on any atom is 0.244 e. The van der Waals surface area contributed by atoms with Crippen molar-refractivity contribution in [2.75, 3.05) is 37.0 Å². The number of nitrogens with one attached hydrogen (secondary N) is 1. The predicted octanol–water partition coefficient (Wildman–Crippen LogP) is 1.02. The number of ether oxygens (including phenoxy) is 1. The Kier molecular flexibility index (Phi) is 6.70. The zero-order valence-electron chi connectivity index (χ0n) is 11.5. The summed E-state index contributed by atoms with van der Waals surface area (Å²) in [5.41, 5.74) is 6.73. The molecule has 0 bridgehead atoms. The van der Waals surface area contributed by atoms with Crippen molar-refractivity contribution >= 4 is 29.8 Å². The van der Waals surface area contributed by atoms with Crippen molar-refractivity contribution < 1.29 is 9.53 Å². The highest BCUT2D eigenvalue weighted by molar-refractivity contribution is 5.94. The van der Waals surface area contributed by atoms with E-state index in [1.54, 1.807) is 12.3 Å². The van der Waals surface area contributed by atoms with E-state index in [0.717, 1.165) is 18.8 Å². The summed E-state index contributed by atoms with van der Waals surface area (Å²) in [6.07, 6.45) is 4.23. The average molecular weight is 301 g/mol. The van der Waals surface area contributed by atoms with Crippen LogP contribution in [0.3, 0.4) is 0 Å². The van der Waals surface area contributed by atoms with Crippen LogP contribution in [0.4, 0.5) is 11.5 Å². The molecule has 6 nitrogen and oxygen atoms in total. The minimum absolute atomic E-state index is 0. The van der Waals surface area contributed by atoms with Crippen molar-refractivity contribution in [2.45, 2.75) is 18.9 Å². The lowest BCUT2D eigenvalue weighted by Gasteiger charge is -2.17. The first kappa shape index (κ1) is 16.7. The molecule has 1 atom stereocenters. The van der Waals surface area contributed by atoms with Crippen LogP contribution in [-0.2, 0) is 9.53 Å². The topological polar surface area (TPSA) is 80.5 Å². The molecule has 3 N–H and O–H groups in total.